The van der Waals surface area contributed by atoms with Gasteiger partial charge in [-0.15, -0.1) is 0 Å². The number of nitrogens with zero attached hydrogens (tertiary/aromatic N) is 4. The highest BCUT2D eigenvalue weighted by molar-refractivity contribution is 6.45. The van der Waals surface area contributed by atoms with Gasteiger partial charge in [0.25, 0.3) is 11.7 Å². The molecule has 32 heavy (non-hydrogen) atoms. The van der Waals surface area contributed by atoms with Crippen LogP contribution in [0, 0.1) is 17.1 Å². The Bertz CT molecular complexity index is 1160. The number of amides is 1. The molecule has 2 aromatic rings. The Balaban J connectivity index is 1.77. The maximum Gasteiger partial charge on any atom is 0.275 e. The van der Waals surface area contributed by atoms with Crippen molar-refractivity contribution in [2.45, 2.75) is 18.3 Å². The number of methoxy groups -OCH3 is 1. The second kappa shape index (κ2) is 8.48. The average Bonchev–Trinajstić information content (AvgIpc) is 3.44. The van der Waals surface area contributed by atoms with Gasteiger partial charge in [0.2, 0.25) is 0 Å². The van der Waals surface area contributed by atoms with E-state index in [1.165, 1.54) is 36.3 Å². The lowest BCUT2D eigenvalue weighted by molar-refractivity contribution is -0.123. The molecule has 0 bridgehead atoms. The summed E-state index contributed by atoms with van der Waals surface area (Å²) in [6.07, 6.45) is 0.742. The fraction of sp³-hybridized carbons (Fsp3) is 0.304. The first kappa shape index (κ1) is 21.6. The number of alkyl halides is 1. The van der Waals surface area contributed by atoms with Gasteiger partial charge >= 0.3 is 0 Å². The molecule has 2 atom stereocenters. The molecule has 2 aliphatic heterocycles. The van der Waals surface area contributed by atoms with E-state index in [2.05, 4.69) is 15.3 Å². The molecule has 2 heterocycles. The highest BCUT2D eigenvalue weighted by Gasteiger charge is 2.48. The molecule has 2 aromatic carbocycles. The van der Waals surface area contributed by atoms with E-state index < -0.39 is 17.5 Å². The van der Waals surface area contributed by atoms with Gasteiger partial charge in [-0.05, 0) is 55.9 Å². The summed E-state index contributed by atoms with van der Waals surface area (Å²) in [5, 5.41) is 12.1. The predicted octanol–water partition coefficient (Wildman–Crippen LogP) is 2.55. The number of nitriles is 1. The zero-order valence-corrected chi connectivity index (χ0v) is 17.6. The normalized spacial score (nSPS) is 22.3. The molecule has 1 fully saturated rings. The van der Waals surface area contributed by atoms with E-state index in [-0.39, 0.29) is 34.3 Å². The van der Waals surface area contributed by atoms with Crippen molar-refractivity contribution < 1.29 is 18.3 Å². The van der Waals surface area contributed by atoms with Crippen LogP contribution in [0.15, 0.2) is 52.4 Å². The number of hydrogen-bond donors (Lipinski definition) is 1. The van der Waals surface area contributed by atoms with Crippen LogP contribution in [0.2, 0.25) is 0 Å². The van der Waals surface area contributed by atoms with E-state index in [0.29, 0.717) is 18.8 Å². The van der Waals surface area contributed by atoms with Gasteiger partial charge in [0.1, 0.15) is 17.6 Å². The summed E-state index contributed by atoms with van der Waals surface area (Å²) in [4.78, 5) is 23.2. The summed E-state index contributed by atoms with van der Waals surface area (Å²) in [7, 11) is 3.30. The van der Waals surface area contributed by atoms with Crippen LogP contribution < -0.4 is 10.1 Å². The SMILES string of the molecule is CN[C@H]1CCN(C(=O)C2=NC(c3ccc(C#N)c(F)c3)=NC2(F)c2ccc(OC)cc2)C1. The minimum atomic E-state index is -2.54. The van der Waals surface area contributed by atoms with Gasteiger partial charge in [0.15, 0.2) is 11.5 Å². The zero-order chi connectivity index (χ0) is 22.9. The third-order valence-electron chi connectivity index (χ3n) is 5.70. The molecule has 2 aliphatic rings. The molecule has 1 saturated heterocycles. The van der Waals surface area contributed by atoms with Crippen LogP contribution in [0.25, 0.3) is 0 Å². The quantitative estimate of drug-likeness (QED) is 0.728. The van der Waals surface area contributed by atoms with Crippen LogP contribution in [0.4, 0.5) is 8.78 Å². The van der Waals surface area contributed by atoms with E-state index in [1.807, 2.05) is 7.05 Å². The summed E-state index contributed by atoms with van der Waals surface area (Å²) in [6, 6.07) is 11.7. The number of ether oxygens (including phenoxy) is 1. The van der Waals surface area contributed by atoms with E-state index >= 15 is 4.39 Å². The Hall–Kier alpha value is -3.64. The monoisotopic (exact) mass is 437 g/mol. The first-order valence-electron chi connectivity index (χ1n) is 10.1. The van der Waals surface area contributed by atoms with Gasteiger partial charge in [0.05, 0.1) is 12.7 Å². The number of benzene rings is 2. The minimum Gasteiger partial charge on any atom is -0.497 e. The first-order chi connectivity index (χ1) is 15.4. The van der Waals surface area contributed by atoms with Gasteiger partial charge in [0, 0.05) is 30.3 Å². The number of likely N-dealkylation sites (tertiary alicyclic amines) is 1. The van der Waals surface area contributed by atoms with Crippen molar-refractivity contribution in [1.82, 2.24) is 10.2 Å². The van der Waals surface area contributed by atoms with Crippen molar-refractivity contribution in [3.8, 4) is 11.8 Å². The number of amidine groups is 1. The second-order valence-electron chi connectivity index (χ2n) is 7.58. The lowest BCUT2D eigenvalue weighted by Crippen LogP contribution is -2.43. The van der Waals surface area contributed by atoms with Crippen molar-refractivity contribution in [3.05, 3.63) is 65.0 Å². The van der Waals surface area contributed by atoms with Crippen LogP contribution in [0.3, 0.4) is 0 Å². The van der Waals surface area contributed by atoms with E-state index in [4.69, 9.17) is 10.00 Å². The molecule has 1 unspecified atom stereocenters. The van der Waals surface area contributed by atoms with E-state index in [9.17, 15) is 9.18 Å². The van der Waals surface area contributed by atoms with Crippen molar-refractivity contribution >= 4 is 17.5 Å². The standard InChI is InChI=1S/C23H21F2N5O2/c1-27-17-9-10-30(13-17)22(31)20-23(25,16-5-7-18(32-2)8-6-16)29-21(28-20)14-3-4-15(12-26)19(24)11-14/h3-8,11,17,27H,9-10,13H2,1-2H3/t17-,23?/m0/s1. The highest BCUT2D eigenvalue weighted by atomic mass is 19.1. The van der Waals surface area contributed by atoms with Crippen molar-refractivity contribution in [1.29, 1.82) is 5.26 Å². The fourth-order valence-corrected chi connectivity index (χ4v) is 3.81. The Morgan fingerprint density at radius 3 is 2.66 bits per heavy atom. The maximum absolute atomic E-state index is 16.4. The Labute approximate surface area is 184 Å². The molecule has 1 N–H and O–H groups in total. The summed E-state index contributed by atoms with van der Waals surface area (Å²) >= 11 is 0. The van der Waals surface area contributed by atoms with Crippen LogP contribution in [-0.2, 0) is 10.6 Å². The van der Waals surface area contributed by atoms with Gasteiger partial charge in [-0.1, -0.05) is 0 Å². The van der Waals surface area contributed by atoms with Gasteiger partial charge in [-0.2, -0.15) is 5.26 Å². The molecule has 9 heteroatoms. The largest absolute Gasteiger partial charge is 0.497 e. The molecule has 1 amide bonds. The minimum absolute atomic E-state index is 0.110. The van der Waals surface area contributed by atoms with Crippen molar-refractivity contribution in [3.63, 3.8) is 0 Å². The number of hydrogen-bond acceptors (Lipinski definition) is 6. The van der Waals surface area contributed by atoms with Crippen LogP contribution in [0.1, 0.15) is 23.1 Å². The lowest BCUT2D eigenvalue weighted by atomic mass is 9.99. The smallest absolute Gasteiger partial charge is 0.275 e. The molecule has 0 aliphatic carbocycles. The summed E-state index contributed by atoms with van der Waals surface area (Å²) in [5.74, 6) is -3.46. The number of carbonyl (C=O) groups excluding carboxylic acids is 1. The zero-order valence-electron chi connectivity index (χ0n) is 17.6. The molecule has 164 valence electrons. The summed E-state index contributed by atoms with van der Waals surface area (Å²) in [5.41, 5.74) is -0.239. The van der Waals surface area contributed by atoms with Gasteiger partial charge in [-0.25, -0.2) is 18.8 Å². The van der Waals surface area contributed by atoms with Crippen LogP contribution in [0.5, 0.6) is 5.75 Å². The molecule has 4 rings (SSSR count). The molecular weight excluding hydrogens is 416 g/mol. The van der Waals surface area contributed by atoms with E-state index in [0.717, 1.165) is 12.5 Å². The molecule has 7 nitrogen and oxygen atoms in total. The topological polar surface area (TPSA) is 90.1 Å². The average molecular weight is 437 g/mol. The van der Waals surface area contributed by atoms with Crippen LogP contribution >= 0.6 is 0 Å². The second-order valence-corrected chi connectivity index (χ2v) is 7.58. The fourth-order valence-electron chi connectivity index (χ4n) is 3.81. The lowest BCUT2D eigenvalue weighted by Gasteiger charge is -2.23. The molecule has 0 saturated carbocycles. The highest BCUT2D eigenvalue weighted by Crippen LogP contribution is 2.37. The Morgan fingerprint density at radius 2 is 2.06 bits per heavy atom. The number of likely N-dealkylation sites (N-methyl/N-ethyl adjacent to an activating group) is 1. The Kier molecular flexibility index (Phi) is 5.72. The molecular formula is C23H21F2N5O2. The number of carbonyl (C=O) groups is 1. The molecule has 0 aromatic heterocycles. The third kappa shape index (κ3) is 3.74. The third-order valence-corrected chi connectivity index (χ3v) is 5.70. The molecule has 0 radical (unpaired) electrons. The number of aliphatic imine (C=N–C) groups is 2. The van der Waals surface area contributed by atoms with Gasteiger partial charge < -0.3 is 15.0 Å². The number of halogens is 2. The molecule has 0 spiro atoms. The summed E-state index contributed by atoms with van der Waals surface area (Å²) < 4.78 is 35.7. The maximum atomic E-state index is 16.4. The summed E-state index contributed by atoms with van der Waals surface area (Å²) in [6.45, 7) is 0.886. The predicted molar refractivity (Wildman–Crippen MR) is 115 cm³/mol. The van der Waals surface area contributed by atoms with Gasteiger partial charge in [-0.3, -0.25) is 4.79 Å². The number of nitrogens with one attached hydrogen (secondary N) is 1. The van der Waals surface area contributed by atoms with E-state index in [1.54, 1.807) is 18.2 Å². The Morgan fingerprint density at radius 1 is 1.31 bits per heavy atom. The number of rotatable bonds is 5. The van der Waals surface area contributed by atoms with Crippen LogP contribution in [-0.4, -0.2) is 55.6 Å². The van der Waals surface area contributed by atoms with Crippen molar-refractivity contribution in [2.75, 3.05) is 27.2 Å². The van der Waals surface area contributed by atoms with Crippen molar-refractivity contribution in [2.24, 2.45) is 9.98 Å². The first-order valence-corrected chi connectivity index (χ1v) is 10.1.